The maximum Gasteiger partial charge on any atom is 0.257 e. The minimum Gasteiger partial charge on any atom is -0.332 e. The fourth-order valence-electron chi connectivity index (χ4n) is 3.16. The lowest BCUT2D eigenvalue weighted by Gasteiger charge is -2.19. The summed E-state index contributed by atoms with van der Waals surface area (Å²) >= 11 is 5.27. The van der Waals surface area contributed by atoms with E-state index in [0.717, 1.165) is 5.56 Å². The Morgan fingerprint density at radius 1 is 0.781 bits per heavy atom. The monoisotopic (exact) mass is 445 g/mol. The van der Waals surface area contributed by atoms with Gasteiger partial charge in [0, 0.05) is 22.5 Å². The van der Waals surface area contributed by atoms with E-state index in [-0.39, 0.29) is 22.3 Å². The van der Waals surface area contributed by atoms with E-state index in [1.807, 2.05) is 43.3 Å². The van der Waals surface area contributed by atoms with E-state index < -0.39 is 0 Å². The van der Waals surface area contributed by atoms with E-state index in [9.17, 15) is 9.59 Å². The lowest BCUT2D eigenvalue weighted by atomic mass is 9.87. The van der Waals surface area contributed by atoms with Crippen LogP contribution in [0.5, 0.6) is 0 Å². The smallest absolute Gasteiger partial charge is 0.257 e. The second kappa shape index (κ2) is 9.75. The van der Waals surface area contributed by atoms with Gasteiger partial charge in [-0.1, -0.05) is 57.2 Å². The highest BCUT2D eigenvalue weighted by Crippen LogP contribution is 2.23. The number of benzene rings is 3. The van der Waals surface area contributed by atoms with Crippen molar-refractivity contribution in [3.05, 3.63) is 95.1 Å². The summed E-state index contributed by atoms with van der Waals surface area (Å²) in [5, 5.41) is 8.75. The van der Waals surface area contributed by atoms with Gasteiger partial charge in [-0.3, -0.25) is 14.9 Å². The zero-order chi connectivity index (χ0) is 23.3. The van der Waals surface area contributed by atoms with Gasteiger partial charge in [-0.15, -0.1) is 0 Å². The lowest BCUT2D eigenvalue weighted by Crippen LogP contribution is -2.34. The largest absolute Gasteiger partial charge is 0.332 e. The van der Waals surface area contributed by atoms with Crippen LogP contribution >= 0.6 is 12.2 Å². The molecule has 3 N–H and O–H groups in total. The molecule has 0 aliphatic heterocycles. The summed E-state index contributed by atoms with van der Waals surface area (Å²) in [5.41, 5.74) is 4.48. The molecular formula is C26H27N3O2S. The van der Waals surface area contributed by atoms with Gasteiger partial charge in [-0.25, -0.2) is 0 Å². The SMILES string of the molecule is Cc1ccccc1C(=O)NC(=S)Nc1cccc(NC(=O)c2ccc(C(C)(C)C)cc2)c1. The molecule has 0 aliphatic carbocycles. The minimum absolute atomic E-state index is 0.0298. The maximum atomic E-state index is 12.6. The third kappa shape index (κ3) is 6.02. The summed E-state index contributed by atoms with van der Waals surface area (Å²) in [7, 11) is 0. The van der Waals surface area contributed by atoms with E-state index >= 15 is 0 Å². The Labute approximate surface area is 194 Å². The van der Waals surface area contributed by atoms with Crippen molar-refractivity contribution in [3.63, 3.8) is 0 Å². The van der Waals surface area contributed by atoms with Crippen LogP contribution in [0.25, 0.3) is 0 Å². The van der Waals surface area contributed by atoms with E-state index in [1.54, 1.807) is 36.4 Å². The topological polar surface area (TPSA) is 70.2 Å². The number of nitrogens with one attached hydrogen (secondary N) is 3. The van der Waals surface area contributed by atoms with Crippen molar-refractivity contribution in [1.82, 2.24) is 5.32 Å². The highest BCUT2D eigenvalue weighted by Gasteiger charge is 2.15. The fraction of sp³-hybridized carbons (Fsp3) is 0.192. The van der Waals surface area contributed by atoms with Crippen molar-refractivity contribution in [2.45, 2.75) is 33.1 Å². The summed E-state index contributed by atoms with van der Waals surface area (Å²) in [6.45, 7) is 8.27. The molecule has 2 amide bonds. The number of rotatable bonds is 4. The minimum atomic E-state index is -0.274. The molecule has 32 heavy (non-hydrogen) atoms. The van der Waals surface area contributed by atoms with Crippen molar-refractivity contribution in [2.24, 2.45) is 0 Å². The molecule has 0 spiro atoms. The van der Waals surface area contributed by atoms with Gasteiger partial charge in [0.25, 0.3) is 11.8 Å². The number of thiocarbonyl (C=S) groups is 1. The molecule has 0 fully saturated rings. The number of carbonyl (C=O) groups is 2. The second-order valence-electron chi connectivity index (χ2n) is 8.59. The Kier molecular flexibility index (Phi) is 7.05. The Hall–Kier alpha value is -3.51. The first-order chi connectivity index (χ1) is 15.1. The van der Waals surface area contributed by atoms with Crippen molar-refractivity contribution in [2.75, 3.05) is 10.6 Å². The van der Waals surface area contributed by atoms with Gasteiger partial charge in [0.05, 0.1) is 0 Å². The summed E-state index contributed by atoms with van der Waals surface area (Å²) in [4.78, 5) is 25.1. The Morgan fingerprint density at radius 3 is 2.03 bits per heavy atom. The quantitative estimate of drug-likeness (QED) is 0.453. The van der Waals surface area contributed by atoms with Crippen molar-refractivity contribution >= 4 is 40.5 Å². The molecule has 3 aromatic carbocycles. The predicted molar refractivity (Wildman–Crippen MR) is 134 cm³/mol. The van der Waals surface area contributed by atoms with Crippen molar-refractivity contribution in [3.8, 4) is 0 Å². The van der Waals surface area contributed by atoms with Gasteiger partial charge >= 0.3 is 0 Å². The summed E-state index contributed by atoms with van der Waals surface area (Å²) in [6, 6.07) is 22.1. The lowest BCUT2D eigenvalue weighted by molar-refractivity contribution is 0.0975. The molecule has 0 aliphatic rings. The van der Waals surface area contributed by atoms with Crippen LogP contribution in [0.1, 0.15) is 52.6 Å². The molecule has 0 radical (unpaired) electrons. The molecule has 5 nitrogen and oxygen atoms in total. The number of anilines is 2. The molecule has 3 rings (SSSR count). The molecule has 0 saturated carbocycles. The van der Waals surface area contributed by atoms with Crippen LogP contribution in [0.2, 0.25) is 0 Å². The highest BCUT2D eigenvalue weighted by molar-refractivity contribution is 7.80. The zero-order valence-corrected chi connectivity index (χ0v) is 19.5. The number of carbonyl (C=O) groups excluding carboxylic acids is 2. The molecule has 3 aromatic rings. The Balaban J connectivity index is 1.62. The Morgan fingerprint density at radius 2 is 1.41 bits per heavy atom. The molecule has 164 valence electrons. The third-order valence-corrected chi connectivity index (χ3v) is 5.21. The van der Waals surface area contributed by atoms with E-state index in [0.29, 0.717) is 22.5 Å². The molecular weight excluding hydrogens is 418 g/mol. The standard InChI is InChI=1S/C26H27N3O2S/c1-17-8-5-6-11-22(17)24(31)29-25(32)28-21-10-7-9-20(16-21)27-23(30)18-12-14-19(15-13-18)26(2,3)4/h5-16H,1-4H3,(H,27,30)(H2,28,29,31,32). The van der Waals surface area contributed by atoms with Gasteiger partial charge in [-0.05, 0) is 72.1 Å². The molecule has 0 saturated heterocycles. The van der Waals surface area contributed by atoms with Gasteiger partial charge in [0.15, 0.2) is 5.11 Å². The van der Waals surface area contributed by atoms with Crippen LogP contribution in [0.4, 0.5) is 11.4 Å². The van der Waals surface area contributed by atoms with Crippen LogP contribution < -0.4 is 16.0 Å². The summed E-state index contributed by atoms with van der Waals surface area (Å²) < 4.78 is 0. The first-order valence-electron chi connectivity index (χ1n) is 10.3. The molecule has 0 heterocycles. The molecule has 0 bridgehead atoms. The third-order valence-electron chi connectivity index (χ3n) is 5.01. The second-order valence-corrected chi connectivity index (χ2v) is 8.99. The average Bonchev–Trinajstić information content (AvgIpc) is 2.73. The van der Waals surface area contributed by atoms with Crippen LogP contribution in [-0.2, 0) is 5.41 Å². The van der Waals surface area contributed by atoms with Crippen LogP contribution in [-0.4, -0.2) is 16.9 Å². The van der Waals surface area contributed by atoms with Gasteiger partial charge < -0.3 is 10.6 Å². The van der Waals surface area contributed by atoms with Crippen molar-refractivity contribution < 1.29 is 9.59 Å². The molecule has 0 unspecified atom stereocenters. The van der Waals surface area contributed by atoms with Gasteiger partial charge in [-0.2, -0.15) is 0 Å². The molecule has 0 atom stereocenters. The van der Waals surface area contributed by atoms with Crippen molar-refractivity contribution in [1.29, 1.82) is 0 Å². The van der Waals surface area contributed by atoms with Crippen LogP contribution in [0, 0.1) is 6.92 Å². The highest BCUT2D eigenvalue weighted by atomic mass is 32.1. The number of amides is 2. The first kappa shape index (κ1) is 23.2. The summed E-state index contributed by atoms with van der Waals surface area (Å²) in [5.74, 6) is -0.471. The molecule has 0 aromatic heterocycles. The predicted octanol–water partition coefficient (Wildman–Crippen LogP) is 5.67. The molecule has 6 heteroatoms. The van der Waals surface area contributed by atoms with E-state index in [1.165, 1.54) is 5.56 Å². The van der Waals surface area contributed by atoms with E-state index in [4.69, 9.17) is 12.2 Å². The van der Waals surface area contributed by atoms with Gasteiger partial charge in [0.1, 0.15) is 0 Å². The maximum absolute atomic E-state index is 12.6. The number of hydrogen-bond acceptors (Lipinski definition) is 3. The zero-order valence-electron chi connectivity index (χ0n) is 18.7. The number of aryl methyl sites for hydroxylation is 1. The fourth-order valence-corrected chi connectivity index (χ4v) is 3.37. The number of hydrogen-bond donors (Lipinski definition) is 3. The summed E-state index contributed by atoms with van der Waals surface area (Å²) in [6.07, 6.45) is 0. The average molecular weight is 446 g/mol. The van der Waals surface area contributed by atoms with Gasteiger partial charge in [0.2, 0.25) is 0 Å². The van der Waals surface area contributed by atoms with E-state index in [2.05, 4.69) is 36.7 Å². The van der Waals surface area contributed by atoms with Crippen LogP contribution in [0.3, 0.4) is 0 Å². The normalized spacial score (nSPS) is 10.9. The first-order valence-corrected chi connectivity index (χ1v) is 10.7. The Bertz CT molecular complexity index is 1150. The van der Waals surface area contributed by atoms with Crippen LogP contribution in [0.15, 0.2) is 72.8 Å².